The summed E-state index contributed by atoms with van der Waals surface area (Å²) in [5.41, 5.74) is 1.98. The molecule has 0 saturated carbocycles. The molecule has 0 aliphatic carbocycles. The van der Waals surface area contributed by atoms with Crippen molar-refractivity contribution in [3.63, 3.8) is 0 Å². The van der Waals surface area contributed by atoms with Crippen molar-refractivity contribution in [2.45, 2.75) is 50.7 Å². The number of carbonyl (C=O) groups excluding carboxylic acids is 5. The summed E-state index contributed by atoms with van der Waals surface area (Å²) >= 11 is 0. The minimum atomic E-state index is -0.688. The molecule has 6 rings (SSSR count). The second-order valence-corrected chi connectivity index (χ2v) is 9.72. The highest BCUT2D eigenvalue weighted by Gasteiger charge is 2.42. The van der Waals surface area contributed by atoms with Gasteiger partial charge in [-0.25, -0.2) is 4.68 Å². The highest BCUT2D eigenvalue weighted by Crippen LogP contribution is 2.31. The molecule has 0 spiro atoms. The maximum Gasteiger partial charge on any atom is 0.276 e. The van der Waals surface area contributed by atoms with E-state index in [-0.39, 0.29) is 48.2 Å². The van der Waals surface area contributed by atoms with E-state index in [0.717, 1.165) is 24.8 Å². The molecule has 5 heterocycles. The molecule has 3 saturated heterocycles. The van der Waals surface area contributed by atoms with Gasteiger partial charge in [0.1, 0.15) is 12.1 Å². The molecule has 12 nitrogen and oxygen atoms in total. The molecule has 12 heteroatoms. The lowest BCUT2D eigenvalue weighted by Gasteiger charge is -2.42. The van der Waals surface area contributed by atoms with Crippen LogP contribution in [-0.4, -0.2) is 79.5 Å². The van der Waals surface area contributed by atoms with Crippen LogP contribution in [0.5, 0.6) is 0 Å². The number of rotatable bonds is 3. The third-order valence-corrected chi connectivity index (χ3v) is 7.58. The molecule has 0 radical (unpaired) electrons. The summed E-state index contributed by atoms with van der Waals surface area (Å²) in [7, 11) is 0. The summed E-state index contributed by atoms with van der Waals surface area (Å²) in [6, 6.07) is 4.00. The molecule has 2 aromatic rings. The summed E-state index contributed by atoms with van der Waals surface area (Å²) in [5, 5.41) is 13.3. The Morgan fingerprint density at radius 2 is 1.92 bits per heavy atom. The summed E-state index contributed by atoms with van der Waals surface area (Å²) in [6.45, 7) is 1.37. The molecule has 4 aliphatic heterocycles. The molecule has 186 valence electrons. The van der Waals surface area contributed by atoms with E-state index in [9.17, 15) is 24.0 Å². The zero-order chi connectivity index (χ0) is 25.0. The second kappa shape index (κ2) is 8.54. The van der Waals surface area contributed by atoms with Gasteiger partial charge in [0, 0.05) is 31.6 Å². The van der Waals surface area contributed by atoms with Crippen molar-refractivity contribution in [2.24, 2.45) is 5.92 Å². The molecule has 3 atom stereocenters. The number of aromatic nitrogens is 3. The predicted molar refractivity (Wildman–Crippen MR) is 123 cm³/mol. The maximum atomic E-state index is 13.3. The number of nitrogens with one attached hydrogen (secondary N) is 2. The van der Waals surface area contributed by atoms with E-state index in [0.29, 0.717) is 30.8 Å². The molecule has 0 bridgehead atoms. The van der Waals surface area contributed by atoms with Crippen molar-refractivity contribution >= 4 is 29.5 Å². The van der Waals surface area contributed by atoms with E-state index in [4.69, 9.17) is 0 Å². The Hall–Kier alpha value is -4.09. The Balaban J connectivity index is 1.21. The van der Waals surface area contributed by atoms with Gasteiger partial charge in [-0.05, 0) is 55.4 Å². The first kappa shape index (κ1) is 22.4. The lowest BCUT2D eigenvalue weighted by molar-refractivity contribution is -0.137. The fourth-order valence-electron chi connectivity index (χ4n) is 5.78. The Labute approximate surface area is 206 Å². The van der Waals surface area contributed by atoms with Gasteiger partial charge in [0.05, 0.1) is 11.9 Å². The largest absolute Gasteiger partial charge is 0.354 e. The molecule has 3 unspecified atom stereocenters. The Morgan fingerprint density at radius 1 is 1.06 bits per heavy atom. The number of hydrogen-bond donors (Lipinski definition) is 2. The smallest absolute Gasteiger partial charge is 0.276 e. The Kier molecular flexibility index (Phi) is 5.31. The number of benzene rings is 1. The minimum absolute atomic E-state index is 0.115. The Morgan fingerprint density at radius 3 is 2.75 bits per heavy atom. The van der Waals surface area contributed by atoms with Crippen molar-refractivity contribution in [1.82, 2.24) is 35.4 Å². The van der Waals surface area contributed by atoms with Gasteiger partial charge in [0.2, 0.25) is 17.7 Å². The molecule has 36 heavy (non-hydrogen) atoms. The monoisotopic (exact) mass is 491 g/mol. The fourth-order valence-corrected chi connectivity index (χ4v) is 5.78. The van der Waals surface area contributed by atoms with Crippen LogP contribution in [0.15, 0.2) is 24.4 Å². The first-order valence-corrected chi connectivity index (χ1v) is 12.2. The van der Waals surface area contributed by atoms with Crippen molar-refractivity contribution < 1.29 is 24.0 Å². The number of fused-ring (bicyclic) bond motifs is 2. The highest BCUT2D eigenvalue weighted by molar-refractivity contribution is 6.05. The van der Waals surface area contributed by atoms with Crippen molar-refractivity contribution in [1.29, 1.82) is 0 Å². The second-order valence-electron chi connectivity index (χ2n) is 9.72. The van der Waals surface area contributed by atoms with Gasteiger partial charge >= 0.3 is 0 Å². The first-order chi connectivity index (χ1) is 17.4. The summed E-state index contributed by atoms with van der Waals surface area (Å²) in [5.74, 6) is -1.33. The van der Waals surface area contributed by atoms with Crippen LogP contribution >= 0.6 is 0 Å². The number of amides is 5. The van der Waals surface area contributed by atoms with Gasteiger partial charge in [-0.2, -0.15) is 0 Å². The normalized spacial score (nSPS) is 25.8. The first-order valence-electron chi connectivity index (χ1n) is 12.2. The van der Waals surface area contributed by atoms with Gasteiger partial charge in [-0.15, -0.1) is 5.10 Å². The zero-order valence-electron chi connectivity index (χ0n) is 19.5. The van der Waals surface area contributed by atoms with E-state index >= 15 is 0 Å². The summed E-state index contributed by atoms with van der Waals surface area (Å²) < 4.78 is 1.47. The third kappa shape index (κ3) is 3.64. The standard InChI is InChI=1S/C24H25N7O5/c32-19-6-5-18(21(33)26-19)30-11-14-10-15(3-4-16(14)23(30)35)31-12-17(27-28-31)24(36)29-9-1-2-13-7-8-25-22(34)20(13)29/h3-4,10,12-13,18,20H,1-2,5-9,11H2,(H,25,34)(H,26,32,33). The van der Waals surface area contributed by atoms with Crippen molar-refractivity contribution in [2.75, 3.05) is 13.1 Å². The minimum Gasteiger partial charge on any atom is -0.354 e. The van der Waals surface area contributed by atoms with Crippen LogP contribution in [0.2, 0.25) is 0 Å². The zero-order valence-corrected chi connectivity index (χ0v) is 19.5. The van der Waals surface area contributed by atoms with Gasteiger partial charge in [-0.1, -0.05) is 5.21 Å². The number of carbonyl (C=O) groups is 5. The van der Waals surface area contributed by atoms with Crippen LogP contribution in [-0.2, 0) is 20.9 Å². The third-order valence-electron chi connectivity index (χ3n) is 7.58. The fraction of sp³-hybridized carbons (Fsp3) is 0.458. The van der Waals surface area contributed by atoms with Crippen LogP contribution < -0.4 is 10.6 Å². The molecule has 3 fully saturated rings. The van der Waals surface area contributed by atoms with Crippen LogP contribution in [0.4, 0.5) is 0 Å². The molecule has 2 N–H and O–H groups in total. The lowest BCUT2D eigenvalue weighted by Crippen LogP contribution is -2.59. The lowest BCUT2D eigenvalue weighted by atomic mass is 9.83. The molecule has 5 amide bonds. The van der Waals surface area contributed by atoms with Crippen LogP contribution in [0.1, 0.15) is 58.5 Å². The molecule has 4 aliphatic rings. The molecular weight excluding hydrogens is 466 g/mol. The van der Waals surface area contributed by atoms with E-state index < -0.39 is 18.0 Å². The maximum absolute atomic E-state index is 13.3. The molecule has 1 aromatic heterocycles. The van der Waals surface area contributed by atoms with Crippen LogP contribution in [0.25, 0.3) is 5.69 Å². The number of likely N-dealkylation sites (tertiary alicyclic amines) is 1. The van der Waals surface area contributed by atoms with Crippen LogP contribution in [0.3, 0.4) is 0 Å². The quantitative estimate of drug-likeness (QED) is 0.564. The Bertz CT molecular complexity index is 1300. The summed E-state index contributed by atoms with van der Waals surface area (Å²) in [4.78, 5) is 65.5. The summed E-state index contributed by atoms with van der Waals surface area (Å²) in [6.07, 6.45) is 4.65. The average molecular weight is 492 g/mol. The average Bonchev–Trinajstić information content (AvgIpc) is 3.49. The van der Waals surface area contributed by atoms with E-state index in [1.165, 1.54) is 15.8 Å². The molecule has 1 aromatic carbocycles. The number of nitrogens with zero attached hydrogens (tertiary/aromatic N) is 5. The number of hydrogen-bond acceptors (Lipinski definition) is 7. The van der Waals surface area contributed by atoms with Crippen molar-refractivity contribution in [3.8, 4) is 5.69 Å². The predicted octanol–water partition coefficient (Wildman–Crippen LogP) is -0.231. The van der Waals surface area contributed by atoms with E-state index in [2.05, 4.69) is 20.9 Å². The van der Waals surface area contributed by atoms with Gasteiger partial charge in [-0.3, -0.25) is 29.3 Å². The number of imide groups is 1. The SMILES string of the molecule is O=C1CCC(N2Cc3cc(-n4cc(C(=O)N5CCCC6CCNC(=O)C65)nn4)ccc3C2=O)C(=O)N1. The van der Waals surface area contributed by atoms with E-state index in [1.807, 2.05) is 0 Å². The van der Waals surface area contributed by atoms with Gasteiger partial charge in [0.25, 0.3) is 11.8 Å². The van der Waals surface area contributed by atoms with Crippen LogP contribution in [0, 0.1) is 5.92 Å². The molecular formula is C24H25N7O5. The topological polar surface area (TPSA) is 147 Å². The highest BCUT2D eigenvalue weighted by atomic mass is 16.2. The van der Waals surface area contributed by atoms with E-state index in [1.54, 1.807) is 23.1 Å². The number of piperidine rings is 3. The van der Waals surface area contributed by atoms with Crippen molar-refractivity contribution in [3.05, 3.63) is 41.2 Å². The van der Waals surface area contributed by atoms with Gasteiger partial charge in [0.15, 0.2) is 5.69 Å². The van der Waals surface area contributed by atoms with Gasteiger partial charge < -0.3 is 15.1 Å².